The molecule has 2 heterocycles. The van der Waals surface area contributed by atoms with Crippen molar-refractivity contribution in [2.45, 2.75) is 15.0 Å². The van der Waals surface area contributed by atoms with Gasteiger partial charge in [0, 0.05) is 5.56 Å². The van der Waals surface area contributed by atoms with E-state index in [4.69, 9.17) is 144 Å². The van der Waals surface area contributed by atoms with Crippen LogP contribution in [0.4, 0.5) is 11.4 Å². The molecule has 0 saturated carbocycles. The van der Waals surface area contributed by atoms with Crippen molar-refractivity contribution in [2.24, 2.45) is 0 Å². The number of benzene rings is 4. The number of anilines is 2. The van der Waals surface area contributed by atoms with Gasteiger partial charge in [0.15, 0.2) is 11.6 Å². The second-order valence-electron chi connectivity index (χ2n) is 11.1. The van der Waals surface area contributed by atoms with E-state index in [9.17, 15) is 14.4 Å². The smallest absolute Gasteiger partial charge is 0.295 e. The Bertz CT molecular complexity index is 2620. The number of carbonyl (C=O) groups excluding carboxylic acids is 3. The second-order valence-corrected chi connectivity index (χ2v) is 18.1. The monoisotopic (exact) mass is 1030 g/mol. The molecule has 12 nitrogen and oxygen atoms in total. The average Bonchev–Trinajstić information content (AvgIpc) is 3.83. The van der Waals surface area contributed by atoms with Crippen LogP contribution >= 0.6 is 139 Å². The predicted octanol–water partition coefficient (Wildman–Crippen LogP) is 12.9. The lowest BCUT2D eigenvalue weighted by Gasteiger charge is -2.12. The van der Waals surface area contributed by atoms with Gasteiger partial charge in [-0.3, -0.25) is 14.4 Å². The van der Waals surface area contributed by atoms with Gasteiger partial charge >= 0.3 is 0 Å². The highest BCUT2D eigenvalue weighted by molar-refractivity contribution is 6.67. The number of aromatic nitrogens is 6. The van der Waals surface area contributed by atoms with E-state index in [1.165, 1.54) is 70.0 Å². The zero-order valence-corrected chi connectivity index (χ0v) is 37.0. The standard InChI is InChI=1S/C17H7Cl6N5O.C17H8Cl6N4O2.CH4/c18-10-3-2-9(6-11(10)19)28-16(17(21,22)23)26-14(27-28)15(29)25-13-4-1-8(7-24)5-12(13)20;18-10-3-2-9(6-11(10)19)27-16(17(21,22)23)25-14(26-27)15(29)24-13-4-1-8(7-28)5-12(13)20;/h1-6H,(H,25,29);1-7H,(H,24,29);1H4. The summed E-state index contributed by atoms with van der Waals surface area (Å²) in [4.78, 5) is 44.1. The minimum atomic E-state index is -1.99. The number of alkyl halides is 6. The summed E-state index contributed by atoms with van der Waals surface area (Å²) in [6, 6.07) is 19.8. The summed E-state index contributed by atoms with van der Waals surface area (Å²) in [5.41, 5.74) is 1.96. The number of hydrogen-bond donors (Lipinski definition) is 2. The van der Waals surface area contributed by atoms with Crippen molar-refractivity contribution in [3.63, 3.8) is 0 Å². The maximum atomic E-state index is 12.6. The maximum absolute atomic E-state index is 12.6. The maximum Gasteiger partial charge on any atom is 0.295 e. The van der Waals surface area contributed by atoms with Crippen LogP contribution in [0.3, 0.4) is 0 Å². The molecule has 0 aliphatic rings. The van der Waals surface area contributed by atoms with Crippen molar-refractivity contribution in [1.82, 2.24) is 29.5 Å². The number of carbonyl (C=O) groups is 3. The van der Waals surface area contributed by atoms with E-state index < -0.39 is 19.4 Å². The Kier molecular flexibility index (Phi) is 16.5. The summed E-state index contributed by atoms with van der Waals surface area (Å²) in [5.74, 6) is -2.23. The van der Waals surface area contributed by atoms with Gasteiger partial charge in [-0.05, 0) is 72.8 Å². The molecule has 0 atom stereocenters. The molecule has 2 amide bonds. The lowest BCUT2D eigenvalue weighted by molar-refractivity contribution is 0.100. The molecule has 6 rings (SSSR count). The zero-order chi connectivity index (χ0) is 42.7. The van der Waals surface area contributed by atoms with Gasteiger partial charge in [0.2, 0.25) is 19.2 Å². The Balaban J connectivity index is 0.000000256. The fourth-order valence-corrected chi connectivity index (χ4v) is 6.31. The molecule has 2 N–H and O–H groups in total. The van der Waals surface area contributed by atoms with E-state index in [-0.39, 0.29) is 62.2 Å². The molecule has 59 heavy (non-hydrogen) atoms. The predicted molar refractivity (Wildman–Crippen MR) is 237 cm³/mol. The van der Waals surface area contributed by atoms with Crippen LogP contribution in [0, 0.1) is 11.3 Å². The third-order valence-electron chi connectivity index (χ3n) is 7.15. The SMILES string of the molecule is C.N#Cc1ccc(NC(=O)c2nc(C(Cl)(Cl)Cl)n(-c3ccc(Cl)c(Cl)c3)n2)c(Cl)c1.O=Cc1ccc(NC(=O)c2nc(C(Cl)(Cl)Cl)n(-c3ccc(Cl)c(Cl)c3)n2)c(Cl)c1. The highest BCUT2D eigenvalue weighted by Gasteiger charge is 2.34. The van der Waals surface area contributed by atoms with Crippen LogP contribution in [0.2, 0.25) is 30.1 Å². The molecule has 0 aliphatic carbocycles. The van der Waals surface area contributed by atoms with Crippen molar-refractivity contribution >= 4 is 169 Å². The fourth-order valence-electron chi connectivity index (χ4n) is 4.53. The van der Waals surface area contributed by atoms with Crippen LogP contribution in [-0.4, -0.2) is 47.6 Å². The third-order valence-corrected chi connectivity index (χ3v) is 10.3. The summed E-state index contributed by atoms with van der Waals surface area (Å²) >= 11 is 72.0. The van der Waals surface area contributed by atoms with Crippen molar-refractivity contribution < 1.29 is 14.4 Å². The summed E-state index contributed by atoms with van der Waals surface area (Å²) in [6.45, 7) is 0. The lowest BCUT2D eigenvalue weighted by atomic mass is 10.2. The topological polar surface area (TPSA) is 160 Å². The van der Waals surface area contributed by atoms with E-state index in [2.05, 4.69) is 30.8 Å². The molecular formula is C35H19Cl12N9O3. The van der Waals surface area contributed by atoms with Gasteiger partial charge in [-0.2, -0.15) is 5.26 Å². The normalized spacial score (nSPS) is 11.1. The van der Waals surface area contributed by atoms with Crippen molar-refractivity contribution in [2.75, 3.05) is 10.6 Å². The van der Waals surface area contributed by atoms with Gasteiger partial charge in [0.1, 0.15) is 6.29 Å². The summed E-state index contributed by atoms with van der Waals surface area (Å²) in [7, 11) is 0. The first kappa shape index (κ1) is 48.4. The molecule has 6 aromatic rings. The molecule has 306 valence electrons. The Labute approximate surface area is 395 Å². The number of nitrogens with one attached hydrogen (secondary N) is 2. The molecule has 0 radical (unpaired) electrons. The molecule has 2 aromatic heterocycles. The second kappa shape index (κ2) is 20.1. The molecule has 0 spiro atoms. The third kappa shape index (κ3) is 12.0. The molecule has 4 aromatic carbocycles. The quantitative estimate of drug-likeness (QED) is 0.118. The van der Waals surface area contributed by atoms with Crippen molar-refractivity contribution in [3.8, 4) is 17.4 Å². The molecule has 0 bridgehead atoms. The van der Waals surface area contributed by atoms with Gasteiger partial charge in [0.25, 0.3) is 11.8 Å². The first-order valence-corrected chi connectivity index (χ1v) is 19.8. The summed E-state index contributed by atoms with van der Waals surface area (Å²) < 4.78 is -1.63. The Morgan fingerprint density at radius 3 is 1.37 bits per heavy atom. The number of hydrogen-bond acceptors (Lipinski definition) is 8. The number of amides is 2. The van der Waals surface area contributed by atoms with Crippen LogP contribution < -0.4 is 10.6 Å². The Hall–Kier alpha value is -3.26. The summed E-state index contributed by atoms with van der Waals surface area (Å²) in [6.07, 6.45) is 0.630. The van der Waals surface area contributed by atoms with Gasteiger partial charge < -0.3 is 10.6 Å². The van der Waals surface area contributed by atoms with Crippen LogP contribution in [0.25, 0.3) is 11.4 Å². The Morgan fingerprint density at radius 2 is 1.02 bits per heavy atom. The van der Waals surface area contributed by atoms with Crippen LogP contribution in [0.1, 0.15) is 56.2 Å². The molecule has 0 saturated heterocycles. The number of nitriles is 1. The number of nitrogens with zero attached hydrogens (tertiary/aromatic N) is 7. The minimum absolute atomic E-state index is 0. The molecule has 24 heteroatoms. The van der Waals surface area contributed by atoms with Crippen molar-refractivity contribution in [3.05, 3.63) is 137 Å². The van der Waals surface area contributed by atoms with Crippen molar-refractivity contribution in [1.29, 1.82) is 5.26 Å². The lowest BCUT2D eigenvalue weighted by Crippen LogP contribution is -2.14. The molecule has 0 unspecified atom stereocenters. The van der Waals surface area contributed by atoms with E-state index >= 15 is 0 Å². The van der Waals surface area contributed by atoms with E-state index in [0.717, 1.165) is 0 Å². The largest absolute Gasteiger partial charge is 0.318 e. The van der Waals surface area contributed by atoms with Gasteiger partial charge in [-0.1, -0.05) is 147 Å². The number of rotatable bonds is 7. The number of aldehydes is 1. The fraction of sp³-hybridized carbons (Fsp3) is 0.0857. The zero-order valence-electron chi connectivity index (χ0n) is 27.9. The Morgan fingerprint density at radius 1 is 0.593 bits per heavy atom. The summed E-state index contributed by atoms with van der Waals surface area (Å²) in [5, 5.41) is 23.7. The van der Waals surface area contributed by atoms with Crippen LogP contribution in [-0.2, 0) is 7.59 Å². The number of halogens is 12. The molecule has 0 fully saturated rings. The van der Waals surface area contributed by atoms with Crippen LogP contribution in [0.15, 0.2) is 72.8 Å². The van der Waals surface area contributed by atoms with E-state index in [1.54, 1.807) is 12.1 Å². The van der Waals surface area contributed by atoms with Gasteiger partial charge in [-0.25, -0.2) is 19.3 Å². The van der Waals surface area contributed by atoms with E-state index in [0.29, 0.717) is 38.8 Å². The van der Waals surface area contributed by atoms with Crippen LogP contribution in [0.5, 0.6) is 0 Å². The van der Waals surface area contributed by atoms with E-state index in [1.807, 2.05) is 6.07 Å². The molecular weight excluding hydrogens is 1020 g/mol. The highest BCUT2D eigenvalue weighted by atomic mass is 35.6. The first-order chi connectivity index (χ1) is 27.2. The minimum Gasteiger partial charge on any atom is -0.318 e. The average molecular weight is 1040 g/mol. The highest BCUT2D eigenvalue weighted by Crippen LogP contribution is 2.40. The van der Waals surface area contributed by atoms with Gasteiger partial charge in [-0.15, -0.1) is 10.2 Å². The molecule has 0 aliphatic heterocycles. The first-order valence-electron chi connectivity index (χ1n) is 15.3. The van der Waals surface area contributed by atoms with Gasteiger partial charge in [0.05, 0.1) is 64.5 Å².